The molecule has 3 nitrogen and oxygen atoms in total. The fourth-order valence-electron chi connectivity index (χ4n) is 2.17. The molecule has 1 aromatic carbocycles. The maximum atomic E-state index is 13.9. The van der Waals surface area contributed by atoms with E-state index in [9.17, 15) is 4.39 Å². The van der Waals surface area contributed by atoms with Crippen LogP contribution < -0.4 is 14.8 Å². The number of methoxy groups -OCH3 is 2. The summed E-state index contributed by atoms with van der Waals surface area (Å²) in [6, 6.07) is 3.14. The van der Waals surface area contributed by atoms with Gasteiger partial charge in [-0.15, -0.1) is 0 Å². The Kier molecular flexibility index (Phi) is 6.96. The summed E-state index contributed by atoms with van der Waals surface area (Å²) in [5.41, 5.74) is 0.853. The second kappa shape index (κ2) is 8.23. The van der Waals surface area contributed by atoms with Crippen molar-refractivity contribution in [1.82, 2.24) is 5.32 Å². The summed E-state index contributed by atoms with van der Waals surface area (Å²) >= 11 is 0. The van der Waals surface area contributed by atoms with E-state index in [2.05, 4.69) is 26.1 Å². The van der Waals surface area contributed by atoms with Gasteiger partial charge >= 0.3 is 0 Å². The molecule has 0 spiro atoms. The zero-order valence-electron chi connectivity index (χ0n) is 13.9. The van der Waals surface area contributed by atoms with E-state index in [1.807, 2.05) is 0 Å². The van der Waals surface area contributed by atoms with Crippen molar-refractivity contribution in [1.29, 1.82) is 0 Å². The Balaban J connectivity index is 2.42. The molecule has 0 saturated carbocycles. The molecule has 0 bridgehead atoms. The third-order valence-corrected chi connectivity index (χ3v) is 3.33. The lowest BCUT2D eigenvalue weighted by atomic mass is 10.0. The Morgan fingerprint density at radius 2 is 1.62 bits per heavy atom. The van der Waals surface area contributed by atoms with Crippen molar-refractivity contribution in [3.8, 4) is 11.5 Å². The van der Waals surface area contributed by atoms with Gasteiger partial charge < -0.3 is 14.8 Å². The first-order chi connectivity index (χ1) is 9.87. The number of ether oxygens (including phenoxy) is 2. The van der Waals surface area contributed by atoms with Crippen molar-refractivity contribution in [3.63, 3.8) is 0 Å². The summed E-state index contributed by atoms with van der Waals surface area (Å²) < 4.78 is 24.2. The summed E-state index contributed by atoms with van der Waals surface area (Å²) in [4.78, 5) is 0. The summed E-state index contributed by atoms with van der Waals surface area (Å²) in [6.07, 6.45) is 3.88. The van der Waals surface area contributed by atoms with E-state index in [1.54, 1.807) is 13.2 Å². The quantitative estimate of drug-likeness (QED) is 0.737. The number of hydrogen-bond donors (Lipinski definition) is 1. The lowest BCUT2D eigenvalue weighted by Gasteiger charge is -2.20. The first kappa shape index (κ1) is 17.8. The molecule has 0 saturated heterocycles. The van der Waals surface area contributed by atoms with E-state index < -0.39 is 0 Å². The molecule has 1 N–H and O–H groups in total. The van der Waals surface area contributed by atoms with Crippen LogP contribution in [0.2, 0.25) is 0 Å². The molecule has 0 heterocycles. The average Bonchev–Trinajstić information content (AvgIpc) is 2.42. The molecular weight excluding hydrogens is 269 g/mol. The molecule has 0 aromatic heterocycles. The number of hydrogen-bond acceptors (Lipinski definition) is 3. The van der Waals surface area contributed by atoms with Crippen molar-refractivity contribution in [3.05, 3.63) is 23.5 Å². The second-order valence-corrected chi connectivity index (χ2v) is 6.29. The molecular formula is C17H28FNO2. The number of benzene rings is 1. The van der Waals surface area contributed by atoms with E-state index in [1.165, 1.54) is 13.2 Å². The smallest absolute Gasteiger partial charge is 0.163 e. The fraction of sp³-hybridized carbons (Fsp3) is 0.647. The second-order valence-electron chi connectivity index (χ2n) is 6.29. The highest BCUT2D eigenvalue weighted by molar-refractivity contribution is 5.43. The van der Waals surface area contributed by atoms with E-state index in [4.69, 9.17) is 9.47 Å². The predicted molar refractivity (Wildman–Crippen MR) is 84.8 cm³/mol. The SMILES string of the molecule is COc1cc(F)c(CCCCCNC(C)(C)C)cc1OC. The van der Waals surface area contributed by atoms with Gasteiger partial charge in [-0.25, -0.2) is 4.39 Å². The molecule has 21 heavy (non-hydrogen) atoms. The molecule has 0 aliphatic heterocycles. The number of unbranched alkanes of at least 4 members (excludes halogenated alkanes) is 2. The van der Waals surface area contributed by atoms with Crippen LogP contribution in [0.5, 0.6) is 11.5 Å². The number of nitrogens with one attached hydrogen (secondary N) is 1. The Hall–Kier alpha value is -1.29. The molecule has 0 unspecified atom stereocenters. The van der Waals surface area contributed by atoms with E-state index in [0.29, 0.717) is 17.1 Å². The molecule has 0 radical (unpaired) electrons. The Morgan fingerprint density at radius 1 is 1.00 bits per heavy atom. The minimum atomic E-state index is -0.222. The summed E-state index contributed by atoms with van der Waals surface area (Å²) in [6.45, 7) is 7.47. The van der Waals surface area contributed by atoms with Gasteiger partial charge in [-0.1, -0.05) is 6.42 Å². The monoisotopic (exact) mass is 297 g/mol. The van der Waals surface area contributed by atoms with Gasteiger partial charge in [-0.2, -0.15) is 0 Å². The molecule has 4 heteroatoms. The minimum absolute atomic E-state index is 0.162. The summed E-state index contributed by atoms with van der Waals surface area (Å²) in [7, 11) is 3.08. The Labute approximate surface area is 127 Å². The maximum Gasteiger partial charge on any atom is 0.163 e. The van der Waals surface area contributed by atoms with Crippen molar-refractivity contribution in [2.75, 3.05) is 20.8 Å². The van der Waals surface area contributed by atoms with Gasteiger partial charge in [0.15, 0.2) is 11.5 Å². The third kappa shape index (κ3) is 6.34. The van der Waals surface area contributed by atoms with Crippen LogP contribution in [-0.2, 0) is 6.42 Å². The predicted octanol–water partition coefficient (Wildman–Crippen LogP) is 3.94. The van der Waals surface area contributed by atoms with E-state index in [-0.39, 0.29) is 11.4 Å². The Morgan fingerprint density at radius 3 is 2.19 bits per heavy atom. The Bertz CT molecular complexity index is 441. The maximum absolute atomic E-state index is 13.9. The van der Waals surface area contributed by atoms with Crippen LogP contribution in [0.1, 0.15) is 45.6 Å². The molecule has 0 aliphatic carbocycles. The number of aryl methyl sites for hydroxylation is 1. The molecule has 0 amide bonds. The van der Waals surface area contributed by atoms with Crippen LogP contribution in [-0.4, -0.2) is 26.3 Å². The van der Waals surface area contributed by atoms with Crippen LogP contribution in [0.25, 0.3) is 0 Å². The van der Waals surface area contributed by atoms with Crippen molar-refractivity contribution < 1.29 is 13.9 Å². The van der Waals surface area contributed by atoms with Gasteiger partial charge in [-0.3, -0.25) is 0 Å². The van der Waals surface area contributed by atoms with Crippen molar-refractivity contribution in [2.45, 2.75) is 52.0 Å². The van der Waals surface area contributed by atoms with Crippen LogP contribution in [0.3, 0.4) is 0 Å². The first-order valence-electron chi connectivity index (χ1n) is 7.53. The molecule has 0 aliphatic rings. The van der Waals surface area contributed by atoms with E-state index in [0.717, 1.165) is 32.2 Å². The molecule has 0 atom stereocenters. The topological polar surface area (TPSA) is 30.5 Å². The lowest BCUT2D eigenvalue weighted by Crippen LogP contribution is -2.36. The van der Waals surface area contributed by atoms with Crippen LogP contribution >= 0.6 is 0 Å². The number of rotatable bonds is 8. The lowest BCUT2D eigenvalue weighted by molar-refractivity contribution is 0.351. The molecule has 1 rings (SSSR count). The van der Waals surface area contributed by atoms with Gasteiger partial charge in [0.05, 0.1) is 14.2 Å². The van der Waals surface area contributed by atoms with Crippen molar-refractivity contribution in [2.24, 2.45) is 0 Å². The average molecular weight is 297 g/mol. The van der Waals surface area contributed by atoms with Gasteiger partial charge in [-0.05, 0) is 58.2 Å². The zero-order chi connectivity index (χ0) is 15.9. The number of halogens is 1. The van der Waals surface area contributed by atoms with Crippen LogP contribution in [0, 0.1) is 5.82 Å². The van der Waals surface area contributed by atoms with Gasteiger partial charge in [0.1, 0.15) is 5.82 Å². The molecule has 1 aromatic rings. The standard InChI is InChI=1S/C17H28FNO2/c1-17(2,3)19-10-8-6-7-9-13-11-15(20-4)16(21-5)12-14(13)18/h11-12,19H,6-10H2,1-5H3. The fourth-order valence-corrected chi connectivity index (χ4v) is 2.17. The normalized spacial score (nSPS) is 11.5. The third-order valence-electron chi connectivity index (χ3n) is 3.33. The van der Waals surface area contributed by atoms with Crippen LogP contribution in [0.4, 0.5) is 4.39 Å². The highest BCUT2D eigenvalue weighted by Crippen LogP contribution is 2.30. The summed E-state index contributed by atoms with van der Waals surface area (Å²) in [5, 5.41) is 3.45. The van der Waals surface area contributed by atoms with E-state index >= 15 is 0 Å². The van der Waals surface area contributed by atoms with Crippen molar-refractivity contribution >= 4 is 0 Å². The van der Waals surface area contributed by atoms with Gasteiger partial charge in [0.25, 0.3) is 0 Å². The molecule has 120 valence electrons. The van der Waals surface area contributed by atoms with Gasteiger partial charge in [0.2, 0.25) is 0 Å². The highest BCUT2D eigenvalue weighted by atomic mass is 19.1. The first-order valence-corrected chi connectivity index (χ1v) is 7.53. The minimum Gasteiger partial charge on any atom is -0.493 e. The zero-order valence-corrected chi connectivity index (χ0v) is 13.9. The molecule has 0 fully saturated rings. The highest BCUT2D eigenvalue weighted by Gasteiger charge is 2.11. The summed E-state index contributed by atoms with van der Waals surface area (Å²) in [5.74, 6) is 0.803. The largest absolute Gasteiger partial charge is 0.493 e. The van der Waals surface area contributed by atoms with Gasteiger partial charge in [0, 0.05) is 11.6 Å². The van der Waals surface area contributed by atoms with Crippen LogP contribution in [0.15, 0.2) is 12.1 Å².